The molecule has 0 unspecified atom stereocenters. The number of nitrogens with one attached hydrogen (secondary N) is 2. The van der Waals surface area contributed by atoms with Crippen LogP contribution >= 0.6 is 15.9 Å². The summed E-state index contributed by atoms with van der Waals surface area (Å²) < 4.78 is 32.3. The second kappa shape index (κ2) is 7.24. The van der Waals surface area contributed by atoms with Gasteiger partial charge in [-0.05, 0) is 41.9 Å². The molecule has 2 aromatic rings. The number of hydrogen-bond donors (Lipinski definition) is 2. The molecule has 0 aliphatic heterocycles. The van der Waals surface area contributed by atoms with Crippen LogP contribution in [0.1, 0.15) is 21.8 Å². The summed E-state index contributed by atoms with van der Waals surface area (Å²) in [5, 5.41) is 6.27. The van der Waals surface area contributed by atoms with E-state index in [2.05, 4.69) is 31.1 Å². The minimum Gasteiger partial charge on any atom is -0.360 e. The summed E-state index contributed by atoms with van der Waals surface area (Å²) in [6, 6.07) is 6.99. The van der Waals surface area contributed by atoms with Crippen molar-refractivity contribution in [1.29, 1.82) is 0 Å². The third kappa shape index (κ3) is 4.18. The van der Waals surface area contributed by atoms with Gasteiger partial charge < -0.3 is 9.84 Å². The molecule has 0 saturated heterocycles. The Bertz CT molecular complexity index is 798. The van der Waals surface area contributed by atoms with Crippen LogP contribution in [0.5, 0.6) is 0 Å². The maximum Gasteiger partial charge on any atom is 0.252 e. The number of amides is 1. The van der Waals surface area contributed by atoms with Gasteiger partial charge in [0, 0.05) is 17.6 Å². The third-order valence-corrected chi connectivity index (χ3v) is 5.45. The van der Waals surface area contributed by atoms with Crippen molar-refractivity contribution < 1.29 is 17.7 Å². The molecule has 0 bridgehead atoms. The first kappa shape index (κ1) is 17.6. The Morgan fingerprint density at radius 1 is 1.26 bits per heavy atom. The fraction of sp³-hybridized carbons (Fsp3) is 0.286. The zero-order chi connectivity index (χ0) is 17.0. The second-order valence-corrected chi connectivity index (χ2v) is 7.34. The number of sulfonamides is 1. The average Bonchev–Trinajstić information content (AvgIpc) is 2.83. The van der Waals surface area contributed by atoms with Gasteiger partial charge in [0.25, 0.3) is 5.91 Å². The van der Waals surface area contributed by atoms with Crippen LogP contribution < -0.4 is 10.0 Å². The van der Waals surface area contributed by atoms with E-state index in [0.29, 0.717) is 15.7 Å². The number of nitrogens with zero attached hydrogens (tertiary/aromatic N) is 1. The standard InChI is InChI=1S/C14H16BrN3O4S/c1-9-13(10(2)22-18-9)23(20,21)17-8-7-16-14(19)11-5-3-4-6-12(11)15/h3-6,17H,7-8H2,1-2H3,(H,16,19). The van der Waals surface area contributed by atoms with Crippen LogP contribution in [0, 0.1) is 13.8 Å². The molecule has 9 heteroatoms. The summed E-state index contributed by atoms with van der Waals surface area (Å²) >= 11 is 3.29. The predicted octanol–water partition coefficient (Wildman–Crippen LogP) is 1.76. The molecule has 0 atom stereocenters. The van der Waals surface area contributed by atoms with E-state index < -0.39 is 10.0 Å². The van der Waals surface area contributed by atoms with Gasteiger partial charge in [-0.25, -0.2) is 13.1 Å². The van der Waals surface area contributed by atoms with Gasteiger partial charge in [-0.15, -0.1) is 0 Å². The molecule has 124 valence electrons. The largest absolute Gasteiger partial charge is 0.360 e. The van der Waals surface area contributed by atoms with Crippen molar-refractivity contribution >= 4 is 31.9 Å². The van der Waals surface area contributed by atoms with E-state index in [-0.39, 0.29) is 29.7 Å². The summed E-state index contributed by atoms with van der Waals surface area (Å²) in [7, 11) is -3.72. The molecular formula is C14H16BrN3O4S. The molecule has 23 heavy (non-hydrogen) atoms. The van der Waals surface area contributed by atoms with E-state index in [4.69, 9.17) is 4.52 Å². The highest BCUT2D eigenvalue weighted by Gasteiger charge is 2.23. The van der Waals surface area contributed by atoms with Crippen molar-refractivity contribution in [3.63, 3.8) is 0 Å². The molecule has 0 saturated carbocycles. The molecule has 2 rings (SSSR count). The highest BCUT2D eigenvalue weighted by molar-refractivity contribution is 9.10. The Kier molecular flexibility index (Phi) is 5.55. The molecule has 1 aromatic carbocycles. The van der Waals surface area contributed by atoms with Crippen LogP contribution in [0.4, 0.5) is 0 Å². The van der Waals surface area contributed by atoms with E-state index in [1.54, 1.807) is 31.2 Å². The molecule has 1 heterocycles. The molecule has 7 nitrogen and oxygen atoms in total. The Morgan fingerprint density at radius 3 is 2.57 bits per heavy atom. The maximum absolute atomic E-state index is 12.2. The number of hydrogen-bond acceptors (Lipinski definition) is 5. The monoisotopic (exact) mass is 401 g/mol. The van der Waals surface area contributed by atoms with Gasteiger partial charge in [0.1, 0.15) is 10.6 Å². The molecule has 0 radical (unpaired) electrons. The number of aryl methyl sites for hydroxylation is 2. The Labute approximate surface area is 142 Å². The van der Waals surface area contributed by atoms with E-state index in [0.717, 1.165) is 0 Å². The first-order valence-corrected chi connectivity index (χ1v) is 9.06. The van der Waals surface area contributed by atoms with Crippen LogP contribution in [0.3, 0.4) is 0 Å². The molecule has 1 aromatic heterocycles. The highest BCUT2D eigenvalue weighted by atomic mass is 79.9. The summed E-state index contributed by atoms with van der Waals surface area (Å²) in [6.07, 6.45) is 0. The minimum atomic E-state index is -3.72. The fourth-order valence-corrected chi connectivity index (χ4v) is 3.85. The van der Waals surface area contributed by atoms with Crippen molar-refractivity contribution in [2.24, 2.45) is 0 Å². The Morgan fingerprint density at radius 2 is 1.96 bits per heavy atom. The van der Waals surface area contributed by atoms with Gasteiger partial charge in [0.05, 0.1) is 5.56 Å². The van der Waals surface area contributed by atoms with Crippen molar-refractivity contribution in [3.05, 3.63) is 45.8 Å². The van der Waals surface area contributed by atoms with Gasteiger partial charge in [-0.2, -0.15) is 0 Å². The van der Waals surface area contributed by atoms with Crippen LogP contribution in [0.25, 0.3) is 0 Å². The Hall–Kier alpha value is -1.71. The van der Waals surface area contributed by atoms with E-state index >= 15 is 0 Å². The number of benzene rings is 1. The van der Waals surface area contributed by atoms with E-state index in [1.165, 1.54) is 6.92 Å². The molecule has 1 amide bonds. The normalized spacial score (nSPS) is 11.4. The summed E-state index contributed by atoms with van der Waals surface area (Å²) in [6.45, 7) is 3.30. The van der Waals surface area contributed by atoms with Gasteiger partial charge in [-0.3, -0.25) is 4.79 Å². The molecule has 0 aliphatic carbocycles. The Balaban J connectivity index is 1.91. The molecule has 0 aliphatic rings. The zero-order valence-electron chi connectivity index (χ0n) is 12.6. The lowest BCUT2D eigenvalue weighted by Crippen LogP contribution is -2.35. The first-order valence-electron chi connectivity index (χ1n) is 6.78. The molecular weight excluding hydrogens is 386 g/mol. The zero-order valence-corrected chi connectivity index (χ0v) is 15.0. The SMILES string of the molecule is Cc1noc(C)c1S(=O)(=O)NCCNC(=O)c1ccccc1Br. The van der Waals surface area contributed by atoms with Crippen molar-refractivity contribution in [2.45, 2.75) is 18.7 Å². The lowest BCUT2D eigenvalue weighted by Gasteiger charge is -2.08. The summed E-state index contributed by atoms with van der Waals surface area (Å²) in [5.74, 6) is -0.0544. The lowest BCUT2D eigenvalue weighted by atomic mass is 10.2. The average molecular weight is 402 g/mol. The van der Waals surface area contributed by atoms with Gasteiger partial charge in [0.2, 0.25) is 10.0 Å². The second-order valence-electron chi connectivity index (χ2n) is 4.79. The summed E-state index contributed by atoms with van der Waals surface area (Å²) in [5.41, 5.74) is 0.785. The number of carbonyl (C=O) groups excluding carboxylic acids is 1. The molecule has 2 N–H and O–H groups in total. The first-order chi connectivity index (χ1) is 10.8. The number of rotatable bonds is 6. The molecule has 0 spiro atoms. The van der Waals surface area contributed by atoms with Gasteiger partial charge in [-0.1, -0.05) is 17.3 Å². The van der Waals surface area contributed by atoms with Crippen molar-refractivity contribution in [1.82, 2.24) is 15.2 Å². The van der Waals surface area contributed by atoms with Gasteiger partial charge >= 0.3 is 0 Å². The lowest BCUT2D eigenvalue weighted by molar-refractivity contribution is 0.0953. The minimum absolute atomic E-state index is 0.0367. The van der Waals surface area contributed by atoms with Crippen LogP contribution in [0.15, 0.2) is 38.2 Å². The van der Waals surface area contributed by atoms with E-state index in [9.17, 15) is 13.2 Å². The van der Waals surface area contributed by atoms with Crippen LogP contribution in [-0.2, 0) is 10.0 Å². The summed E-state index contributed by atoms with van der Waals surface area (Å²) in [4.78, 5) is 12.0. The van der Waals surface area contributed by atoms with E-state index in [1.807, 2.05) is 0 Å². The number of aromatic nitrogens is 1. The maximum atomic E-state index is 12.2. The fourth-order valence-electron chi connectivity index (χ4n) is 2.03. The smallest absolute Gasteiger partial charge is 0.252 e. The molecule has 0 fully saturated rings. The van der Waals surface area contributed by atoms with Crippen LogP contribution in [-0.4, -0.2) is 32.6 Å². The van der Waals surface area contributed by atoms with Crippen LogP contribution in [0.2, 0.25) is 0 Å². The van der Waals surface area contributed by atoms with Crippen molar-refractivity contribution in [2.75, 3.05) is 13.1 Å². The third-order valence-electron chi connectivity index (χ3n) is 3.06. The van der Waals surface area contributed by atoms with Crippen molar-refractivity contribution in [3.8, 4) is 0 Å². The number of carbonyl (C=O) groups is 1. The topological polar surface area (TPSA) is 101 Å². The number of halogens is 1. The van der Waals surface area contributed by atoms with Gasteiger partial charge in [0.15, 0.2) is 5.76 Å². The quantitative estimate of drug-likeness (QED) is 0.718. The highest BCUT2D eigenvalue weighted by Crippen LogP contribution is 2.18. The predicted molar refractivity (Wildman–Crippen MR) is 87.6 cm³/mol.